The first-order valence-electron chi connectivity index (χ1n) is 2.52. The van der Waals surface area contributed by atoms with E-state index in [-0.39, 0.29) is 5.28 Å². The first-order chi connectivity index (χ1) is 4.74. The van der Waals surface area contributed by atoms with Crippen molar-refractivity contribution >= 4 is 35.8 Å². The molecule has 0 saturated carbocycles. The lowest BCUT2D eigenvalue weighted by Crippen LogP contribution is -1.88. The molecule has 0 amide bonds. The van der Waals surface area contributed by atoms with Gasteiger partial charge in [-0.1, -0.05) is 11.6 Å². The molecule has 10 heavy (non-hydrogen) atoms. The quantitative estimate of drug-likeness (QED) is 0.422. The Balaban J connectivity index is 3.07. The Labute approximate surface area is 74.0 Å². The third kappa shape index (κ3) is 1.75. The molecule has 0 unspecified atom stereocenters. The van der Waals surface area contributed by atoms with E-state index in [9.17, 15) is 0 Å². The van der Waals surface area contributed by atoms with E-state index in [1.807, 2.05) is 0 Å². The summed E-state index contributed by atoms with van der Waals surface area (Å²) in [6.07, 6.45) is 1.56. The number of hydrogen-bond donors (Lipinski definition) is 1. The second-order valence-corrected chi connectivity index (χ2v) is 2.63. The van der Waals surface area contributed by atoms with Crippen LogP contribution >= 0.6 is 35.8 Å². The molecule has 0 radical (unpaired) electrons. The highest BCUT2D eigenvalue weighted by Crippen LogP contribution is 2.15. The molecule has 2 nitrogen and oxygen atoms in total. The maximum atomic E-state index is 5.65. The predicted molar refractivity (Wildman–Crippen MR) is 44.7 cm³/mol. The maximum Gasteiger partial charge on any atom is 0.223 e. The summed E-state index contributed by atoms with van der Waals surface area (Å²) < 4.78 is 0. The van der Waals surface area contributed by atoms with Crippen molar-refractivity contribution in [1.29, 1.82) is 0 Å². The molecule has 0 aliphatic rings. The Bertz CT molecular complexity index is 241. The molecule has 0 aliphatic carbocycles. The molecule has 5 heteroatoms. The van der Waals surface area contributed by atoms with Crippen LogP contribution in [0.3, 0.4) is 0 Å². The zero-order valence-corrected chi connectivity index (χ0v) is 7.29. The van der Waals surface area contributed by atoms with Gasteiger partial charge in [0.25, 0.3) is 0 Å². The summed E-state index contributed by atoms with van der Waals surface area (Å²) >= 11 is 15.1. The topological polar surface area (TPSA) is 25.8 Å². The number of rotatable bonds is 1. The van der Waals surface area contributed by atoms with Gasteiger partial charge in [0.15, 0.2) is 0 Å². The van der Waals surface area contributed by atoms with Crippen molar-refractivity contribution in [2.75, 3.05) is 0 Å². The molecular weight excluding hydrogens is 191 g/mol. The Hall–Kier alpha value is 0.01000. The van der Waals surface area contributed by atoms with Crippen molar-refractivity contribution in [3.63, 3.8) is 0 Å². The van der Waals surface area contributed by atoms with Crippen LogP contribution in [0, 0.1) is 0 Å². The third-order valence-electron chi connectivity index (χ3n) is 0.953. The second kappa shape index (κ2) is 3.42. The first-order valence-corrected chi connectivity index (χ1v) is 3.90. The van der Waals surface area contributed by atoms with Crippen molar-refractivity contribution in [2.45, 2.75) is 5.75 Å². The van der Waals surface area contributed by atoms with E-state index in [0.29, 0.717) is 10.9 Å². The van der Waals surface area contributed by atoms with Gasteiger partial charge in [0.05, 0.1) is 0 Å². The summed E-state index contributed by atoms with van der Waals surface area (Å²) in [5, 5.41) is 0.533. The Morgan fingerprint density at radius 3 is 2.70 bits per heavy atom. The molecule has 0 N–H and O–H groups in total. The fourth-order valence-corrected chi connectivity index (χ4v) is 1.17. The number of nitrogens with zero attached hydrogens (tertiary/aromatic N) is 2. The smallest absolute Gasteiger partial charge is 0.223 e. The van der Waals surface area contributed by atoms with Crippen molar-refractivity contribution in [1.82, 2.24) is 9.97 Å². The average Bonchev–Trinajstić information content (AvgIpc) is 1.88. The molecule has 1 rings (SSSR count). The molecule has 1 aromatic rings. The highest BCUT2D eigenvalue weighted by Gasteiger charge is 2.00. The Kier molecular flexibility index (Phi) is 2.77. The van der Waals surface area contributed by atoms with E-state index >= 15 is 0 Å². The fraction of sp³-hybridized carbons (Fsp3) is 0.200. The van der Waals surface area contributed by atoms with Gasteiger partial charge in [-0.05, 0) is 11.6 Å². The standard InChI is InChI=1S/C5H4Cl2N2S/c6-4-3(2-10)1-8-5(7)9-4/h1,10H,2H2. The fourth-order valence-electron chi connectivity index (χ4n) is 0.472. The maximum absolute atomic E-state index is 5.65. The normalized spacial score (nSPS) is 9.90. The third-order valence-corrected chi connectivity index (χ3v) is 1.80. The molecule has 1 heterocycles. The van der Waals surface area contributed by atoms with Gasteiger partial charge < -0.3 is 0 Å². The minimum absolute atomic E-state index is 0.163. The zero-order valence-electron chi connectivity index (χ0n) is 4.88. The average molecular weight is 195 g/mol. The number of thiol groups is 1. The molecule has 0 atom stereocenters. The summed E-state index contributed by atoms with van der Waals surface area (Å²) in [5.41, 5.74) is 0.786. The lowest BCUT2D eigenvalue weighted by molar-refractivity contribution is 1.12. The van der Waals surface area contributed by atoms with Gasteiger partial charge in [-0.25, -0.2) is 9.97 Å². The largest absolute Gasteiger partial charge is 0.226 e. The van der Waals surface area contributed by atoms with E-state index in [4.69, 9.17) is 23.2 Å². The van der Waals surface area contributed by atoms with Crippen LogP contribution in [0.4, 0.5) is 0 Å². The predicted octanol–water partition coefficient (Wildman–Crippen LogP) is 2.21. The van der Waals surface area contributed by atoms with Gasteiger partial charge in [0.2, 0.25) is 5.28 Å². The first kappa shape index (κ1) is 8.11. The molecule has 1 aromatic heterocycles. The number of hydrogen-bond acceptors (Lipinski definition) is 3. The summed E-state index contributed by atoms with van der Waals surface area (Å²) in [6.45, 7) is 0. The minimum Gasteiger partial charge on any atom is -0.226 e. The highest BCUT2D eigenvalue weighted by atomic mass is 35.5. The molecule has 54 valence electrons. The van der Waals surface area contributed by atoms with Gasteiger partial charge in [-0.3, -0.25) is 0 Å². The van der Waals surface area contributed by atoms with Crippen LogP contribution in [-0.2, 0) is 5.75 Å². The van der Waals surface area contributed by atoms with Crippen LogP contribution in [0.2, 0.25) is 10.4 Å². The van der Waals surface area contributed by atoms with E-state index in [1.165, 1.54) is 0 Å². The molecule has 0 spiro atoms. The van der Waals surface area contributed by atoms with Crippen LogP contribution in [0.15, 0.2) is 6.20 Å². The van der Waals surface area contributed by atoms with Crippen molar-refractivity contribution in [2.24, 2.45) is 0 Å². The molecule has 0 aliphatic heterocycles. The lowest BCUT2D eigenvalue weighted by Gasteiger charge is -1.96. The van der Waals surface area contributed by atoms with Crippen molar-refractivity contribution in [3.05, 3.63) is 22.2 Å². The number of halogens is 2. The van der Waals surface area contributed by atoms with E-state index < -0.39 is 0 Å². The monoisotopic (exact) mass is 194 g/mol. The summed E-state index contributed by atoms with van der Waals surface area (Å²) in [5.74, 6) is 0.524. The van der Waals surface area contributed by atoms with E-state index in [0.717, 1.165) is 5.56 Å². The molecule has 0 saturated heterocycles. The summed E-state index contributed by atoms with van der Waals surface area (Å²) in [7, 11) is 0. The highest BCUT2D eigenvalue weighted by molar-refractivity contribution is 7.79. The SMILES string of the molecule is SCc1cnc(Cl)nc1Cl. The molecular formula is C5H4Cl2N2S. The Morgan fingerprint density at radius 1 is 1.50 bits per heavy atom. The Morgan fingerprint density at radius 2 is 2.20 bits per heavy atom. The van der Waals surface area contributed by atoms with Crippen LogP contribution in [-0.4, -0.2) is 9.97 Å². The van der Waals surface area contributed by atoms with Crippen molar-refractivity contribution in [3.8, 4) is 0 Å². The van der Waals surface area contributed by atoms with E-state index in [2.05, 4.69) is 22.6 Å². The molecule has 0 bridgehead atoms. The minimum atomic E-state index is 0.163. The molecule has 0 aromatic carbocycles. The van der Waals surface area contributed by atoms with Gasteiger partial charge in [-0.2, -0.15) is 12.6 Å². The second-order valence-electron chi connectivity index (χ2n) is 1.61. The zero-order chi connectivity index (χ0) is 7.56. The van der Waals surface area contributed by atoms with E-state index in [1.54, 1.807) is 6.20 Å². The lowest BCUT2D eigenvalue weighted by atomic mass is 10.4. The van der Waals surface area contributed by atoms with Crippen molar-refractivity contribution < 1.29 is 0 Å². The summed E-state index contributed by atoms with van der Waals surface area (Å²) in [4.78, 5) is 7.45. The van der Waals surface area contributed by atoms with Gasteiger partial charge in [0.1, 0.15) is 5.15 Å². The van der Waals surface area contributed by atoms with Crippen LogP contribution in [0.1, 0.15) is 5.56 Å². The van der Waals surface area contributed by atoms with Gasteiger partial charge >= 0.3 is 0 Å². The van der Waals surface area contributed by atoms with Crippen LogP contribution < -0.4 is 0 Å². The van der Waals surface area contributed by atoms with Crippen LogP contribution in [0.25, 0.3) is 0 Å². The van der Waals surface area contributed by atoms with Gasteiger partial charge in [0, 0.05) is 17.5 Å². The van der Waals surface area contributed by atoms with Crippen LogP contribution in [0.5, 0.6) is 0 Å². The van der Waals surface area contributed by atoms with Gasteiger partial charge in [-0.15, -0.1) is 0 Å². The number of aromatic nitrogens is 2. The summed E-state index contributed by atoms with van der Waals surface area (Å²) in [6, 6.07) is 0. The molecule has 0 fully saturated rings.